The van der Waals surface area contributed by atoms with Gasteiger partial charge in [-0.1, -0.05) is 12.1 Å². The fraction of sp³-hybridized carbons (Fsp3) is 0.308. The fourth-order valence-corrected chi connectivity index (χ4v) is 2.20. The van der Waals surface area contributed by atoms with Crippen molar-refractivity contribution in [3.05, 3.63) is 35.0 Å². The van der Waals surface area contributed by atoms with E-state index in [0.717, 1.165) is 22.0 Å². The number of carboxylic acids is 1. The lowest BCUT2D eigenvalue weighted by Crippen LogP contribution is -2.07. The second kappa shape index (κ2) is 3.67. The third-order valence-electron chi connectivity index (χ3n) is 3.01. The topological polar surface area (TPSA) is 42.2 Å². The summed E-state index contributed by atoms with van der Waals surface area (Å²) in [6, 6.07) is 5.84. The Morgan fingerprint density at radius 3 is 2.50 bits per heavy atom. The standard InChI is InChI=1S/C13H15NO2/c1-4-14-11(13(15)16)7-10-8(2)5-6-9(3)12(10)14/h5-7H,4H2,1-3H3,(H,15,16). The summed E-state index contributed by atoms with van der Waals surface area (Å²) in [7, 11) is 0. The molecule has 3 heteroatoms. The van der Waals surface area contributed by atoms with Gasteiger partial charge in [0, 0.05) is 11.9 Å². The lowest BCUT2D eigenvalue weighted by molar-refractivity contribution is 0.0686. The molecule has 0 spiro atoms. The molecule has 0 radical (unpaired) electrons. The van der Waals surface area contributed by atoms with Crippen molar-refractivity contribution in [1.82, 2.24) is 4.57 Å². The van der Waals surface area contributed by atoms with Crippen molar-refractivity contribution in [3.8, 4) is 0 Å². The fourth-order valence-electron chi connectivity index (χ4n) is 2.20. The van der Waals surface area contributed by atoms with Gasteiger partial charge >= 0.3 is 5.97 Å². The monoisotopic (exact) mass is 217 g/mol. The first-order chi connectivity index (χ1) is 7.56. The molecule has 0 saturated heterocycles. The van der Waals surface area contributed by atoms with Crippen molar-refractivity contribution < 1.29 is 9.90 Å². The summed E-state index contributed by atoms with van der Waals surface area (Å²) in [5.74, 6) is -0.864. The Bertz CT molecular complexity index is 567. The van der Waals surface area contributed by atoms with Crippen LogP contribution in [0, 0.1) is 13.8 Å². The molecule has 84 valence electrons. The number of nitrogens with zero attached hydrogens (tertiary/aromatic N) is 1. The van der Waals surface area contributed by atoms with Crippen LogP contribution in [-0.2, 0) is 6.54 Å². The molecule has 0 bridgehead atoms. The van der Waals surface area contributed by atoms with Gasteiger partial charge in [-0.25, -0.2) is 4.79 Å². The number of hydrogen-bond donors (Lipinski definition) is 1. The van der Waals surface area contributed by atoms with Crippen LogP contribution in [0.4, 0.5) is 0 Å². The van der Waals surface area contributed by atoms with Crippen LogP contribution in [0.1, 0.15) is 28.5 Å². The third-order valence-corrected chi connectivity index (χ3v) is 3.01. The van der Waals surface area contributed by atoms with Crippen molar-refractivity contribution in [3.63, 3.8) is 0 Å². The molecule has 0 aliphatic rings. The van der Waals surface area contributed by atoms with Crippen LogP contribution in [0.25, 0.3) is 10.9 Å². The van der Waals surface area contributed by atoms with E-state index in [4.69, 9.17) is 5.11 Å². The van der Waals surface area contributed by atoms with Crippen LogP contribution in [0.5, 0.6) is 0 Å². The number of carbonyl (C=O) groups is 1. The minimum Gasteiger partial charge on any atom is -0.477 e. The zero-order chi connectivity index (χ0) is 11.9. The predicted octanol–water partition coefficient (Wildman–Crippen LogP) is 2.98. The van der Waals surface area contributed by atoms with Gasteiger partial charge in [-0.15, -0.1) is 0 Å². The summed E-state index contributed by atoms with van der Waals surface area (Å²) >= 11 is 0. The number of aromatic carboxylic acids is 1. The maximum Gasteiger partial charge on any atom is 0.352 e. The van der Waals surface area contributed by atoms with E-state index < -0.39 is 5.97 Å². The van der Waals surface area contributed by atoms with Gasteiger partial charge in [0.25, 0.3) is 0 Å². The highest BCUT2D eigenvalue weighted by Gasteiger charge is 2.15. The van der Waals surface area contributed by atoms with E-state index >= 15 is 0 Å². The van der Waals surface area contributed by atoms with Gasteiger partial charge in [0.15, 0.2) is 0 Å². The number of aromatic nitrogens is 1. The maximum atomic E-state index is 11.2. The Labute approximate surface area is 94.3 Å². The van der Waals surface area contributed by atoms with E-state index in [1.807, 2.05) is 37.5 Å². The zero-order valence-corrected chi connectivity index (χ0v) is 9.74. The SMILES string of the molecule is CCn1c(C(=O)O)cc2c(C)ccc(C)c21. The molecule has 2 rings (SSSR count). The van der Waals surface area contributed by atoms with Gasteiger partial charge in [-0.2, -0.15) is 0 Å². The third kappa shape index (κ3) is 1.40. The molecule has 3 nitrogen and oxygen atoms in total. The van der Waals surface area contributed by atoms with Gasteiger partial charge in [0.05, 0.1) is 5.52 Å². The Morgan fingerprint density at radius 2 is 1.94 bits per heavy atom. The number of carboxylic acid groups (broad SMARTS) is 1. The molecule has 0 saturated carbocycles. The van der Waals surface area contributed by atoms with Gasteiger partial charge in [0.1, 0.15) is 5.69 Å². The summed E-state index contributed by atoms with van der Waals surface area (Å²) in [5, 5.41) is 10.2. The largest absolute Gasteiger partial charge is 0.477 e. The minimum absolute atomic E-state index is 0.370. The van der Waals surface area contributed by atoms with Crippen LogP contribution in [0.2, 0.25) is 0 Å². The van der Waals surface area contributed by atoms with Crippen molar-refractivity contribution >= 4 is 16.9 Å². The number of benzene rings is 1. The molecule has 0 fully saturated rings. The average Bonchev–Trinajstić information content (AvgIpc) is 2.64. The quantitative estimate of drug-likeness (QED) is 0.840. The van der Waals surface area contributed by atoms with Crippen molar-refractivity contribution in [1.29, 1.82) is 0 Å². The van der Waals surface area contributed by atoms with Crippen LogP contribution in [0.3, 0.4) is 0 Å². The molecule has 1 N–H and O–H groups in total. The summed E-state index contributed by atoms with van der Waals surface area (Å²) < 4.78 is 1.86. The number of fused-ring (bicyclic) bond motifs is 1. The summed E-state index contributed by atoms with van der Waals surface area (Å²) in [4.78, 5) is 11.2. The normalized spacial score (nSPS) is 10.9. The summed E-state index contributed by atoms with van der Waals surface area (Å²) in [6.07, 6.45) is 0. The molecule has 0 aliphatic carbocycles. The number of aryl methyl sites for hydroxylation is 3. The highest BCUT2D eigenvalue weighted by Crippen LogP contribution is 2.26. The maximum absolute atomic E-state index is 11.2. The molecule has 16 heavy (non-hydrogen) atoms. The van der Waals surface area contributed by atoms with Crippen molar-refractivity contribution in [2.75, 3.05) is 0 Å². The van der Waals surface area contributed by atoms with Gasteiger partial charge in [-0.3, -0.25) is 0 Å². The van der Waals surface area contributed by atoms with Crippen LogP contribution in [0.15, 0.2) is 18.2 Å². The lowest BCUT2D eigenvalue weighted by Gasteiger charge is -2.07. The van der Waals surface area contributed by atoms with E-state index in [1.165, 1.54) is 0 Å². The molecular weight excluding hydrogens is 202 g/mol. The predicted molar refractivity (Wildman–Crippen MR) is 64.0 cm³/mol. The highest BCUT2D eigenvalue weighted by atomic mass is 16.4. The second-order valence-electron chi connectivity index (χ2n) is 4.04. The Morgan fingerprint density at radius 1 is 1.31 bits per heavy atom. The molecule has 1 aromatic carbocycles. The van der Waals surface area contributed by atoms with E-state index in [2.05, 4.69) is 0 Å². The van der Waals surface area contributed by atoms with Crippen LogP contribution in [-0.4, -0.2) is 15.6 Å². The Kier molecular flexibility index (Phi) is 2.46. The molecule has 0 amide bonds. The highest BCUT2D eigenvalue weighted by molar-refractivity contribution is 5.97. The Balaban J connectivity index is 2.92. The Hall–Kier alpha value is -1.77. The first-order valence-corrected chi connectivity index (χ1v) is 5.39. The van der Waals surface area contributed by atoms with E-state index in [-0.39, 0.29) is 0 Å². The van der Waals surface area contributed by atoms with E-state index in [9.17, 15) is 4.79 Å². The first-order valence-electron chi connectivity index (χ1n) is 5.39. The van der Waals surface area contributed by atoms with Gasteiger partial charge in [0.2, 0.25) is 0 Å². The van der Waals surface area contributed by atoms with Crippen LogP contribution < -0.4 is 0 Å². The number of rotatable bonds is 2. The smallest absolute Gasteiger partial charge is 0.352 e. The molecule has 1 heterocycles. The number of hydrogen-bond acceptors (Lipinski definition) is 1. The molecule has 1 aromatic heterocycles. The second-order valence-corrected chi connectivity index (χ2v) is 4.04. The van der Waals surface area contributed by atoms with Crippen molar-refractivity contribution in [2.24, 2.45) is 0 Å². The molecule has 0 atom stereocenters. The first kappa shape index (κ1) is 10.7. The van der Waals surface area contributed by atoms with Gasteiger partial charge < -0.3 is 9.67 Å². The van der Waals surface area contributed by atoms with E-state index in [1.54, 1.807) is 6.07 Å². The average molecular weight is 217 g/mol. The summed E-state index contributed by atoms with van der Waals surface area (Å²) in [5.41, 5.74) is 3.65. The minimum atomic E-state index is -0.864. The molecule has 0 unspecified atom stereocenters. The molecular formula is C13H15NO2. The zero-order valence-electron chi connectivity index (χ0n) is 9.74. The van der Waals surface area contributed by atoms with Crippen molar-refractivity contribution in [2.45, 2.75) is 27.3 Å². The van der Waals surface area contributed by atoms with E-state index in [0.29, 0.717) is 12.2 Å². The summed E-state index contributed by atoms with van der Waals surface area (Å²) in [6.45, 7) is 6.66. The molecule has 2 aromatic rings. The molecule has 0 aliphatic heterocycles. The van der Waals surface area contributed by atoms with Gasteiger partial charge in [-0.05, 0) is 38.0 Å². The lowest BCUT2D eigenvalue weighted by atomic mass is 10.1. The van der Waals surface area contributed by atoms with Crippen LogP contribution >= 0.6 is 0 Å².